The summed E-state index contributed by atoms with van der Waals surface area (Å²) < 4.78 is 7.41. The topological polar surface area (TPSA) is 44.1 Å². The Hall–Kier alpha value is -1.52. The number of aryl methyl sites for hydroxylation is 2. The van der Waals surface area contributed by atoms with Gasteiger partial charge in [0.15, 0.2) is 6.29 Å². The van der Waals surface area contributed by atoms with E-state index < -0.39 is 0 Å². The summed E-state index contributed by atoms with van der Waals surface area (Å²) >= 11 is 11.9. The molecule has 0 aliphatic carbocycles. The van der Waals surface area contributed by atoms with Crippen LogP contribution in [0.4, 0.5) is 0 Å². The van der Waals surface area contributed by atoms with Crippen LogP contribution in [0.1, 0.15) is 28.7 Å². The first-order valence-electron chi connectivity index (χ1n) is 6.14. The predicted octanol–water partition coefficient (Wildman–Crippen LogP) is 3.68. The Kier molecular flexibility index (Phi) is 4.68. The van der Waals surface area contributed by atoms with Gasteiger partial charge in [0.05, 0.1) is 22.0 Å². The molecule has 0 amide bonds. The monoisotopic (exact) mass is 312 g/mol. The van der Waals surface area contributed by atoms with E-state index in [9.17, 15) is 4.79 Å². The van der Waals surface area contributed by atoms with Crippen molar-refractivity contribution >= 4 is 29.5 Å². The highest BCUT2D eigenvalue weighted by molar-refractivity contribution is 6.36. The van der Waals surface area contributed by atoms with Crippen molar-refractivity contribution in [3.63, 3.8) is 0 Å². The van der Waals surface area contributed by atoms with E-state index in [-0.39, 0.29) is 6.61 Å². The first-order chi connectivity index (χ1) is 9.55. The predicted molar refractivity (Wildman–Crippen MR) is 78.8 cm³/mol. The lowest BCUT2D eigenvalue weighted by Gasteiger charge is -2.10. The number of benzene rings is 1. The third kappa shape index (κ3) is 3.14. The largest absolute Gasteiger partial charge is 0.485 e. The van der Waals surface area contributed by atoms with Gasteiger partial charge in [0.25, 0.3) is 0 Å². The lowest BCUT2D eigenvalue weighted by Crippen LogP contribution is -2.04. The zero-order valence-corrected chi connectivity index (χ0v) is 12.7. The van der Waals surface area contributed by atoms with Gasteiger partial charge in [0.2, 0.25) is 0 Å². The minimum Gasteiger partial charge on any atom is -0.485 e. The van der Waals surface area contributed by atoms with E-state index in [1.807, 2.05) is 20.0 Å². The summed E-state index contributed by atoms with van der Waals surface area (Å²) in [7, 11) is 1.85. The lowest BCUT2D eigenvalue weighted by molar-refractivity contribution is 0.111. The van der Waals surface area contributed by atoms with Crippen LogP contribution in [-0.4, -0.2) is 16.1 Å². The fraction of sp³-hybridized carbons (Fsp3) is 0.286. The highest BCUT2D eigenvalue weighted by Gasteiger charge is 2.12. The van der Waals surface area contributed by atoms with Gasteiger partial charge in [0, 0.05) is 12.1 Å². The molecule has 106 valence electrons. The van der Waals surface area contributed by atoms with Crippen molar-refractivity contribution in [3.8, 4) is 5.75 Å². The van der Waals surface area contributed by atoms with E-state index in [0.29, 0.717) is 27.6 Å². The van der Waals surface area contributed by atoms with Crippen LogP contribution in [0, 0.1) is 0 Å². The van der Waals surface area contributed by atoms with Crippen molar-refractivity contribution in [2.75, 3.05) is 0 Å². The summed E-state index contributed by atoms with van der Waals surface area (Å²) in [4.78, 5) is 11.0. The smallest absolute Gasteiger partial charge is 0.153 e. The average Bonchev–Trinajstić information content (AvgIpc) is 2.77. The molecule has 1 heterocycles. The van der Waals surface area contributed by atoms with Crippen molar-refractivity contribution in [3.05, 3.63) is 45.2 Å². The second kappa shape index (κ2) is 6.29. The molecule has 6 heteroatoms. The maximum absolute atomic E-state index is 11.0. The van der Waals surface area contributed by atoms with Crippen LogP contribution in [0.15, 0.2) is 18.2 Å². The Labute approximate surface area is 127 Å². The van der Waals surface area contributed by atoms with E-state index in [0.717, 1.165) is 17.8 Å². The molecule has 0 aliphatic heterocycles. The molecular weight excluding hydrogens is 299 g/mol. The van der Waals surface area contributed by atoms with E-state index in [1.54, 1.807) is 10.7 Å². The molecule has 2 aromatic rings. The summed E-state index contributed by atoms with van der Waals surface area (Å²) in [5.41, 5.74) is 2.23. The maximum atomic E-state index is 11.0. The SMILES string of the molecule is CCc1cc(COc2c(Cl)cc(Cl)cc2C=O)n(C)n1. The number of hydrogen-bond acceptors (Lipinski definition) is 3. The Morgan fingerprint density at radius 1 is 1.35 bits per heavy atom. The van der Waals surface area contributed by atoms with Crippen LogP contribution >= 0.6 is 23.2 Å². The molecule has 0 unspecified atom stereocenters. The van der Waals surface area contributed by atoms with Crippen LogP contribution in [0.3, 0.4) is 0 Å². The summed E-state index contributed by atoms with van der Waals surface area (Å²) in [6.07, 6.45) is 1.53. The summed E-state index contributed by atoms with van der Waals surface area (Å²) in [5, 5.41) is 5.05. The summed E-state index contributed by atoms with van der Waals surface area (Å²) in [6.45, 7) is 2.32. The minimum absolute atomic E-state index is 0.283. The number of hydrogen-bond donors (Lipinski definition) is 0. The second-order valence-electron chi connectivity index (χ2n) is 4.32. The highest BCUT2D eigenvalue weighted by Crippen LogP contribution is 2.32. The molecule has 0 saturated carbocycles. The number of nitrogens with zero attached hydrogens (tertiary/aromatic N) is 2. The zero-order valence-electron chi connectivity index (χ0n) is 11.2. The molecule has 0 fully saturated rings. The van der Waals surface area contributed by atoms with Crippen molar-refractivity contribution in [2.45, 2.75) is 20.0 Å². The molecule has 0 bridgehead atoms. The van der Waals surface area contributed by atoms with E-state index in [4.69, 9.17) is 27.9 Å². The second-order valence-corrected chi connectivity index (χ2v) is 5.16. The van der Waals surface area contributed by atoms with Gasteiger partial charge in [0.1, 0.15) is 12.4 Å². The number of carbonyl (C=O) groups is 1. The van der Waals surface area contributed by atoms with Crippen molar-refractivity contribution < 1.29 is 9.53 Å². The summed E-state index contributed by atoms with van der Waals surface area (Å²) in [5.74, 6) is 0.338. The number of halogens is 2. The van der Waals surface area contributed by atoms with Crippen LogP contribution in [-0.2, 0) is 20.1 Å². The highest BCUT2D eigenvalue weighted by atomic mass is 35.5. The van der Waals surface area contributed by atoms with Crippen molar-refractivity contribution in [1.29, 1.82) is 0 Å². The van der Waals surface area contributed by atoms with Gasteiger partial charge in [-0.1, -0.05) is 30.1 Å². The fourth-order valence-corrected chi connectivity index (χ4v) is 2.41. The Morgan fingerprint density at radius 3 is 2.70 bits per heavy atom. The van der Waals surface area contributed by atoms with Gasteiger partial charge in [-0.05, 0) is 24.6 Å². The Balaban J connectivity index is 2.22. The Bertz CT molecular complexity index is 638. The van der Waals surface area contributed by atoms with Gasteiger partial charge < -0.3 is 4.74 Å². The van der Waals surface area contributed by atoms with Gasteiger partial charge >= 0.3 is 0 Å². The van der Waals surface area contributed by atoms with Gasteiger partial charge in [-0.15, -0.1) is 0 Å². The molecule has 0 saturated heterocycles. The maximum Gasteiger partial charge on any atom is 0.153 e. The molecule has 1 aromatic heterocycles. The first kappa shape index (κ1) is 14.9. The molecule has 0 radical (unpaired) electrons. The van der Waals surface area contributed by atoms with Crippen LogP contribution < -0.4 is 4.74 Å². The standard InChI is InChI=1S/C14H14Cl2N2O2/c1-3-11-6-12(18(2)17-11)8-20-14-9(7-19)4-10(15)5-13(14)16/h4-7H,3,8H2,1-2H3. The van der Waals surface area contributed by atoms with E-state index in [2.05, 4.69) is 5.10 Å². The van der Waals surface area contributed by atoms with Gasteiger partial charge in [-0.25, -0.2) is 0 Å². The van der Waals surface area contributed by atoms with E-state index in [1.165, 1.54) is 6.07 Å². The number of ether oxygens (including phenoxy) is 1. The molecule has 0 spiro atoms. The molecule has 2 rings (SSSR count). The van der Waals surface area contributed by atoms with Crippen LogP contribution in [0.5, 0.6) is 5.75 Å². The molecule has 0 N–H and O–H groups in total. The minimum atomic E-state index is 0.283. The molecule has 0 aliphatic rings. The molecular formula is C14H14Cl2N2O2. The zero-order chi connectivity index (χ0) is 14.7. The van der Waals surface area contributed by atoms with Gasteiger partial charge in [-0.3, -0.25) is 9.48 Å². The summed E-state index contributed by atoms with van der Waals surface area (Å²) in [6, 6.07) is 5.03. The van der Waals surface area contributed by atoms with Crippen LogP contribution in [0.2, 0.25) is 10.0 Å². The quantitative estimate of drug-likeness (QED) is 0.791. The fourth-order valence-electron chi connectivity index (χ4n) is 1.85. The Morgan fingerprint density at radius 2 is 2.10 bits per heavy atom. The van der Waals surface area contributed by atoms with Crippen LogP contribution in [0.25, 0.3) is 0 Å². The van der Waals surface area contributed by atoms with Crippen molar-refractivity contribution in [2.24, 2.45) is 7.05 Å². The molecule has 4 nitrogen and oxygen atoms in total. The normalized spacial score (nSPS) is 10.6. The third-order valence-electron chi connectivity index (χ3n) is 2.92. The molecule has 0 atom stereocenters. The average molecular weight is 313 g/mol. The number of aromatic nitrogens is 2. The lowest BCUT2D eigenvalue weighted by atomic mass is 10.2. The van der Waals surface area contributed by atoms with Crippen molar-refractivity contribution in [1.82, 2.24) is 9.78 Å². The van der Waals surface area contributed by atoms with E-state index >= 15 is 0 Å². The first-order valence-corrected chi connectivity index (χ1v) is 6.89. The third-order valence-corrected chi connectivity index (χ3v) is 3.42. The number of carbonyl (C=O) groups excluding carboxylic acids is 1. The molecule has 1 aromatic carbocycles. The number of rotatable bonds is 5. The number of aldehydes is 1. The molecule has 20 heavy (non-hydrogen) atoms. The van der Waals surface area contributed by atoms with Gasteiger partial charge in [-0.2, -0.15) is 5.10 Å².